The van der Waals surface area contributed by atoms with Gasteiger partial charge in [0.05, 0.1) is 13.2 Å². The second-order valence-electron chi connectivity index (χ2n) is 3.33. The average Bonchev–Trinajstić information content (AvgIpc) is 2.19. The number of esters is 2. The molecule has 0 unspecified atom stereocenters. The number of carbonyl (C=O) groups excluding carboxylic acids is 2. The minimum absolute atomic E-state index is 0.290. The SMILES string of the molecule is CC(C)CCl.CCOC(=O)CC(=O)OCC. The molecule has 4 nitrogen and oxygen atoms in total. The average molecular weight is 253 g/mol. The maximum absolute atomic E-state index is 10.6. The largest absolute Gasteiger partial charge is 0.466 e. The first kappa shape index (κ1) is 17.6. The lowest BCUT2D eigenvalue weighted by Gasteiger charge is -2.00. The van der Waals surface area contributed by atoms with E-state index in [1.54, 1.807) is 13.8 Å². The maximum atomic E-state index is 10.6. The molecule has 5 heteroatoms. The van der Waals surface area contributed by atoms with Crippen LogP contribution in [0.1, 0.15) is 34.1 Å². The smallest absolute Gasteiger partial charge is 0.317 e. The van der Waals surface area contributed by atoms with Gasteiger partial charge in [-0.1, -0.05) is 13.8 Å². The first-order chi connectivity index (χ1) is 7.47. The number of hydrogen-bond acceptors (Lipinski definition) is 4. The molecule has 0 aliphatic carbocycles. The molecular formula is C11H21ClO4. The summed E-state index contributed by atoms with van der Waals surface area (Å²) in [6.45, 7) is 8.13. The van der Waals surface area contributed by atoms with Gasteiger partial charge in [0.2, 0.25) is 0 Å². The number of carbonyl (C=O) groups is 2. The zero-order chi connectivity index (χ0) is 13.0. The molecular weight excluding hydrogens is 232 g/mol. The predicted molar refractivity (Wildman–Crippen MR) is 63.4 cm³/mol. The second kappa shape index (κ2) is 12.3. The predicted octanol–water partition coefficient (Wildman–Crippen LogP) is 2.38. The Morgan fingerprint density at radius 1 is 1.06 bits per heavy atom. The van der Waals surface area contributed by atoms with Crippen molar-refractivity contribution in [2.24, 2.45) is 5.92 Å². The van der Waals surface area contributed by atoms with E-state index < -0.39 is 11.9 Å². The van der Waals surface area contributed by atoms with Gasteiger partial charge >= 0.3 is 11.9 Å². The van der Waals surface area contributed by atoms with Crippen LogP contribution < -0.4 is 0 Å². The van der Waals surface area contributed by atoms with Crippen LogP contribution in [0.3, 0.4) is 0 Å². The van der Waals surface area contributed by atoms with Crippen LogP contribution in [0.15, 0.2) is 0 Å². The summed E-state index contributed by atoms with van der Waals surface area (Å²) in [5, 5.41) is 0. The van der Waals surface area contributed by atoms with E-state index in [1.807, 2.05) is 0 Å². The maximum Gasteiger partial charge on any atom is 0.317 e. The van der Waals surface area contributed by atoms with Crippen molar-refractivity contribution in [1.82, 2.24) is 0 Å². The molecule has 0 bridgehead atoms. The topological polar surface area (TPSA) is 52.6 Å². The molecule has 0 aromatic heterocycles. The summed E-state index contributed by atoms with van der Waals surface area (Å²) in [6.07, 6.45) is -0.290. The van der Waals surface area contributed by atoms with Gasteiger partial charge < -0.3 is 9.47 Å². The van der Waals surface area contributed by atoms with Crippen molar-refractivity contribution in [3.8, 4) is 0 Å². The van der Waals surface area contributed by atoms with E-state index >= 15 is 0 Å². The molecule has 0 saturated carbocycles. The van der Waals surface area contributed by atoms with Crippen molar-refractivity contribution >= 4 is 23.5 Å². The summed E-state index contributed by atoms with van der Waals surface area (Å²) in [4.78, 5) is 21.2. The van der Waals surface area contributed by atoms with E-state index in [0.29, 0.717) is 5.92 Å². The molecule has 0 aromatic rings. The first-order valence-corrected chi connectivity index (χ1v) is 5.88. The van der Waals surface area contributed by atoms with Crippen LogP contribution >= 0.6 is 11.6 Å². The van der Waals surface area contributed by atoms with Crippen LogP contribution in [0.4, 0.5) is 0 Å². The van der Waals surface area contributed by atoms with Crippen molar-refractivity contribution in [3.05, 3.63) is 0 Å². The van der Waals surface area contributed by atoms with Gasteiger partial charge in [-0.2, -0.15) is 0 Å². The molecule has 0 spiro atoms. The summed E-state index contributed by atoms with van der Waals surface area (Å²) in [5.41, 5.74) is 0. The standard InChI is InChI=1S/C7H12O4.C4H9Cl/c1-3-10-6(8)5-7(9)11-4-2;1-4(2)3-5/h3-5H2,1-2H3;4H,3H2,1-2H3. The van der Waals surface area contributed by atoms with E-state index in [-0.39, 0.29) is 19.6 Å². The molecule has 96 valence electrons. The highest BCUT2D eigenvalue weighted by Crippen LogP contribution is 1.91. The fraction of sp³-hybridized carbons (Fsp3) is 0.818. The van der Waals surface area contributed by atoms with Crippen molar-refractivity contribution < 1.29 is 19.1 Å². The normalized spacial score (nSPS) is 9.12. The molecule has 0 aromatic carbocycles. The first-order valence-electron chi connectivity index (χ1n) is 5.35. The molecule has 0 rings (SSSR count). The summed E-state index contributed by atoms with van der Waals surface area (Å²) < 4.78 is 9.04. The zero-order valence-electron chi connectivity index (χ0n) is 10.4. The monoisotopic (exact) mass is 252 g/mol. The third kappa shape index (κ3) is 15.7. The lowest BCUT2D eigenvalue weighted by molar-refractivity contribution is -0.153. The van der Waals surface area contributed by atoms with E-state index in [1.165, 1.54) is 0 Å². The molecule has 0 aliphatic rings. The number of hydrogen-bond donors (Lipinski definition) is 0. The van der Waals surface area contributed by atoms with Crippen LogP contribution in [0.2, 0.25) is 0 Å². The molecule has 0 N–H and O–H groups in total. The summed E-state index contributed by atoms with van der Waals surface area (Å²) in [7, 11) is 0. The Morgan fingerprint density at radius 2 is 1.38 bits per heavy atom. The molecule has 0 amide bonds. The van der Waals surface area contributed by atoms with Gasteiger partial charge in [-0.3, -0.25) is 9.59 Å². The van der Waals surface area contributed by atoms with Crippen LogP contribution in [-0.4, -0.2) is 31.0 Å². The Labute approximate surface area is 102 Å². The van der Waals surface area contributed by atoms with E-state index in [4.69, 9.17) is 11.6 Å². The Morgan fingerprint density at radius 3 is 1.56 bits per heavy atom. The highest BCUT2D eigenvalue weighted by Gasteiger charge is 2.09. The van der Waals surface area contributed by atoms with Crippen molar-refractivity contribution in [3.63, 3.8) is 0 Å². The third-order valence-electron chi connectivity index (χ3n) is 1.21. The van der Waals surface area contributed by atoms with Gasteiger partial charge in [-0.25, -0.2) is 0 Å². The lowest BCUT2D eigenvalue weighted by atomic mass is 10.3. The third-order valence-corrected chi connectivity index (χ3v) is 1.83. The molecule has 0 atom stereocenters. The second-order valence-corrected chi connectivity index (χ2v) is 3.64. The van der Waals surface area contributed by atoms with Gasteiger partial charge in [0.25, 0.3) is 0 Å². The van der Waals surface area contributed by atoms with Gasteiger partial charge in [0.15, 0.2) is 0 Å². The van der Waals surface area contributed by atoms with Crippen LogP contribution in [0.5, 0.6) is 0 Å². The van der Waals surface area contributed by atoms with E-state index in [2.05, 4.69) is 23.3 Å². The van der Waals surface area contributed by atoms with Gasteiger partial charge in [0, 0.05) is 5.88 Å². The Balaban J connectivity index is 0. The molecule has 0 fully saturated rings. The fourth-order valence-electron chi connectivity index (χ4n) is 0.542. The van der Waals surface area contributed by atoms with Crippen molar-refractivity contribution in [2.75, 3.05) is 19.1 Å². The Kier molecular flexibility index (Phi) is 13.5. The van der Waals surface area contributed by atoms with Gasteiger partial charge in [-0.05, 0) is 19.8 Å². The minimum Gasteiger partial charge on any atom is -0.466 e. The summed E-state index contributed by atoms with van der Waals surface area (Å²) in [5.74, 6) is 0.355. The highest BCUT2D eigenvalue weighted by molar-refractivity contribution is 6.18. The highest BCUT2D eigenvalue weighted by atomic mass is 35.5. The van der Waals surface area contributed by atoms with E-state index in [9.17, 15) is 9.59 Å². The summed E-state index contributed by atoms with van der Waals surface area (Å²) >= 11 is 5.34. The molecule has 16 heavy (non-hydrogen) atoms. The quantitative estimate of drug-likeness (QED) is 0.428. The number of halogens is 1. The van der Waals surface area contributed by atoms with Crippen LogP contribution in [0, 0.1) is 5.92 Å². The molecule has 0 saturated heterocycles. The lowest BCUT2D eigenvalue weighted by Crippen LogP contribution is -2.13. The minimum atomic E-state index is -0.536. The zero-order valence-corrected chi connectivity index (χ0v) is 11.2. The van der Waals surface area contributed by atoms with Crippen molar-refractivity contribution in [1.29, 1.82) is 0 Å². The van der Waals surface area contributed by atoms with Crippen LogP contribution in [0.25, 0.3) is 0 Å². The number of rotatable bonds is 5. The number of ether oxygens (including phenoxy) is 2. The van der Waals surface area contributed by atoms with Gasteiger partial charge in [-0.15, -0.1) is 11.6 Å². The molecule has 0 heterocycles. The summed E-state index contributed by atoms with van der Waals surface area (Å²) in [6, 6.07) is 0. The molecule has 0 radical (unpaired) electrons. The van der Waals surface area contributed by atoms with Crippen molar-refractivity contribution in [2.45, 2.75) is 34.1 Å². The molecule has 0 aliphatic heterocycles. The Bertz CT molecular complexity index is 176. The van der Waals surface area contributed by atoms with E-state index in [0.717, 1.165) is 5.88 Å². The van der Waals surface area contributed by atoms with Crippen LogP contribution in [-0.2, 0) is 19.1 Å². The Hall–Kier alpha value is -0.770. The fourth-order valence-corrected chi connectivity index (χ4v) is 0.542. The number of alkyl halides is 1. The van der Waals surface area contributed by atoms with Gasteiger partial charge in [0.1, 0.15) is 6.42 Å².